The summed E-state index contributed by atoms with van der Waals surface area (Å²) in [7, 11) is 1.75. The molecule has 2 aromatic heterocycles. The maximum Gasteiger partial charge on any atom is 0.272 e. The number of hydrogen-bond donors (Lipinski definition) is 1. The lowest BCUT2D eigenvalue weighted by molar-refractivity contribution is 0.0584. The highest BCUT2D eigenvalue weighted by atomic mass is 19.1. The highest BCUT2D eigenvalue weighted by Crippen LogP contribution is 2.29. The van der Waals surface area contributed by atoms with Crippen LogP contribution >= 0.6 is 0 Å². The molecule has 3 heterocycles. The number of aromatic amines is 1. The molecule has 2 aromatic carbocycles. The molecule has 1 amide bonds. The van der Waals surface area contributed by atoms with E-state index in [1.165, 1.54) is 12.1 Å². The second-order valence-electron chi connectivity index (χ2n) is 7.09. The van der Waals surface area contributed by atoms with E-state index in [4.69, 9.17) is 0 Å². The van der Waals surface area contributed by atoms with E-state index in [2.05, 4.69) is 15.1 Å². The van der Waals surface area contributed by atoms with Gasteiger partial charge >= 0.3 is 0 Å². The fourth-order valence-corrected chi connectivity index (χ4v) is 3.57. The topological polar surface area (TPSA) is 66.8 Å². The lowest BCUT2D eigenvalue weighted by Gasteiger charge is -2.38. The molecule has 4 aromatic rings. The van der Waals surface area contributed by atoms with Crippen molar-refractivity contribution in [2.24, 2.45) is 7.05 Å². The van der Waals surface area contributed by atoms with Crippen molar-refractivity contribution in [3.05, 3.63) is 71.9 Å². The standard InChI is InChI=1S/C21H18FN5O/c1-26-19(10-18(25-26)13-6-8-15(22)9-7-13)21(28)27-11-14(12-27)20-23-16-4-2-3-5-17(16)24-20/h2-10,14H,11-12H2,1H3,(H,23,24). The predicted octanol–water partition coefficient (Wildman–Crippen LogP) is 3.34. The Bertz CT molecular complexity index is 1140. The quantitative estimate of drug-likeness (QED) is 0.597. The van der Waals surface area contributed by atoms with E-state index >= 15 is 0 Å². The molecule has 1 saturated heterocycles. The Kier molecular flexibility index (Phi) is 3.75. The number of H-pyrrole nitrogens is 1. The zero-order chi connectivity index (χ0) is 19.3. The summed E-state index contributed by atoms with van der Waals surface area (Å²) in [4.78, 5) is 22.6. The third kappa shape index (κ3) is 2.76. The van der Waals surface area contributed by atoms with Crippen LogP contribution in [0.1, 0.15) is 22.2 Å². The molecular weight excluding hydrogens is 357 g/mol. The molecule has 0 radical (unpaired) electrons. The van der Waals surface area contributed by atoms with Gasteiger partial charge in [0.25, 0.3) is 5.91 Å². The minimum Gasteiger partial charge on any atom is -0.342 e. The second-order valence-corrected chi connectivity index (χ2v) is 7.09. The first-order chi connectivity index (χ1) is 13.6. The second kappa shape index (κ2) is 6.30. The van der Waals surface area contributed by atoms with Crippen LogP contribution in [0.4, 0.5) is 4.39 Å². The number of nitrogens with zero attached hydrogens (tertiary/aromatic N) is 4. The molecule has 0 bridgehead atoms. The van der Waals surface area contributed by atoms with Gasteiger partial charge < -0.3 is 9.88 Å². The average Bonchev–Trinajstić information content (AvgIpc) is 3.24. The van der Waals surface area contributed by atoms with Crippen molar-refractivity contribution in [2.45, 2.75) is 5.92 Å². The number of likely N-dealkylation sites (tertiary alicyclic amines) is 1. The summed E-state index contributed by atoms with van der Waals surface area (Å²) < 4.78 is 14.7. The van der Waals surface area contributed by atoms with Crippen molar-refractivity contribution in [3.63, 3.8) is 0 Å². The maximum absolute atomic E-state index is 13.1. The first-order valence-electron chi connectivity index (χ1n) is 9.12. The fraction of sp³-hybridized carbons (Fsp3) is 0.190. The van der Waals surface area contributed by atoms with Gasteiger partial charge in [0.05, 0.1) is 22.6 Å². The van der Waals surface area contributed by atoms with Crippen LogP contribution in [0.15, 0.2) is 54.6 Å². The molecule has 1 N–H and O–H groups in total. The van der Waals surface area contributed by atoms with Crippen molar-refractivity contribution in [3.8, 4) is 11.3 Å². The SMILES string of the molecule is Cn1nc(-c2ccc(F)cc2)cc1C(=O)N1CC(c2nc3ccccc3[nH]2)C1. The van der Waals surface area contributed by atoms with E-state index in [0.29, 0.717) is 24.5 Å². The molecule has 0 aliphatic carbocycles. The van der Waals surface area contributed by atoms with Crippen molar-refractivity contribution >= 4 is 16.9 Å². The van der Waals surface area contributed by atoms with E-state index in [1.54, 1.807) is 34.8 Å². The summed E-state index contributed by atoms with van der Waals surface area (Å²) >= 11 is 0. The fourth-order valence-electron chi connectivity index (χ4n) is 3.57. The molecule has 28 heavy (non-hydrogen) atoms. The number of imidazole rings is 1. The first-order valence-corrected chi connectivity index (χ1v) is 9.12. The summed E-state index contributed by atoms with van der Waals surface area (Å²) in [6.45, 7) is 1.24. The van der Waals surface area contributed by atoms with Crippen LogP contribution in [0, 0.1) is 5.82 Å². The van der Waals surface area contributed by atoms with Gasteiger partial charge in [-0.05, 0) is 42.5 Å². The largest absolute Gasteiger partial charge is 0.342 e. The van der Waals surface area contributed by atoms with Gasteiger partial charge in [-0.2, -0.15) is 5.10 Å². The van der Waals surface area contributed by atoms with Gasteiger partial charge in [0.15, 0.2) is 0 Å². The minimum absolute atomic E-state index is 0.0595. The summed E-state index contributed by atoms with van der Waals surface area (Å²) in [5.41, 5.74) is 3.90. The Labute approximate surface area is 160 Å². The third-order valence-electron chi connectivity index (χ3n) is 5.20. The Hall–Kier alpha value is -3.48. The number of hydrogen-bond acceptors (Lipinski definition) is 3. The first kappa shape index (κ1) is 16.7. The van der Waals surface area contributed by atoms with Gasteiger partial charge in [-0.15, -0.1) is 0 Å². The Morgan fingerprint density at radius 1 is 1.14 bits per heavy atom. The van der Waals surface area contributed by atoms with Gasteiger partial charge in [0, 0.05) is 25.7 Å². The molecule has 0 saturated carbocycles. The normalized spacial score (nSPS) is 14.4. The number of para-hydroxylation sites is 2. The highest BCUT2D eigenvalue weighted by Gasteiger charge is 2.35. The van der Waals surface area contributed by atoms with Crippen LogP contribution in [-0.4, -0.2) is 43.6 Å². The highest BCUT2D eigenvalue weighted by molar-refractivity contribution is 5.94. The van der Waals surface area contributed by atoms with Crippen LogP contribution in [-0.2, 0) is 7.05 Å². The Morgan fingerprint density at radius 3 is 2.64 bits per heavy atom. The van der Waals surface area contributed by atoms with Crippen molar-refractivity contribution in [1.82, 2.24) is 24.6 Å². The van der Waals surface area contributed by atoms with Crippen LogP contribution in [0.2, 0.25) is 0 Å². The lowest BCUT2D eigenvalue weighted by Crippen LogP contribution is -2.49. The molecule has 6 nitrogen and oxygen atoms in total. The van der Waals surface area contributed by atoms with Gasteiger partial charge in [-0.25, -0.2) is 9.37 Å². The van der Waals surface area contributed by atoms with Crippen LogP contribution in [0.25, 0.3) is 22.3 Å². The number of nitrogens with one attached hydrogen (secondary N) is 1. The molecule has 7 heteroatoms. The summed E-state index contributed by atoms with van der Waals surface area (Å²) in [6.07, 6.45) is 0. The average molecular weight is 375 g/mol. The number of benzene rings is 2. The monoisotopic (exact) mass is 375 g/mol. The molecule has 5 rings (SSSR count). The maximum atomic E-state index is 13.1. The van der Waals surface area contributed by atoms with Gasteiger partial charge in [-0.1, -0.05) is 12.1 Å². The van der Waals surface area contributed by atoms with Crippen LogP contribution in [0.3, 0.4) is 0 Å². The van der Waals surface area contributed by atoms with E-state index < -0.39 is 0 Å². The summed E-state index contributed by atoms with van der Waals surface area (Å²) in [5.74, 6) is 0.771. The van der Waals surface area contributed by atoms with Crippen LogP contribution < -0.4 is 0 Å². The molecule has 1 aliphatic rings. The Balaban J connectivity index is 1.32. The van der Waals surface area contributed by atoms with Crippen LogP contribution in [0.5, 0.6) is 0 Å². The third-order valence-corrected chi connectivity index (χ3v) is 5.20. The number of aromatic nitrogens is 4. The smallest absolute Gasteiger partial charge is 0.272 e. The minimum atomic E-state index is -0.298. The molecule has 0 spiro atoms. The summed E-state index contributed by atoms with van der Waals surface area (Å²) in [6, 6.07) is 15.8. The summed E-state index contributed by atoms with van der Waals surface area (Å²) in [5, 5.41) is 4.41. The van der Waals surface area contributed by atoms with E-state index in [1.807, 2.05) is 24.3 Å². The Morgan fingerprint density at radius 2 is 1.89 bits per heavy atom. The van der Waals surface area contributed by atoms with Gasteiger partial charge in [0.2, 0.25) is 0 Å². The number of aryl methyl sites for hydroxylation is 1. The van der Waals surface area contributed by atoms with Crippen molar-refractivity contribution in [2.75, 3.05) is 13.1 Å². The molecule has 1 fully saturated rings. The number of carbonyl (C=O) groups excluding carboxylic acids is 1. The zero-order valence-corrected chi connectivity index (χ0v) is 15.3. The molecule has 140 valence electrons. The number of fused-ring (bicyclic) bond motifs is 1. The number of rotatable bonds is 3. The molecular formula is C21H18FN5O. The van der Waals surface area contributed by atoms with E-state index in [0.717, 1.165) is 22.4 Å². The number of carbonyl (C=O) groups is 1. The van der Waals surface area contributed by atoms with Crippen molar-refractivity contribution < 1.29 is 9.18 Å². The molecule has 0 atom stereocenters. The van der Waals surface area contributed by atoms with Gasteiger partial charge in [0.1, 0.15) is 17.3 Å². The lowest BCUT2D eigenvalue weighted by atomic mass is 9.99. The number of halogens is 1. The van der Waals surface area contributed by atoms with E-state index in [9.17, 15) is 9.18 Å². The predicted molar refractivity (Wildman–Crippen MR) is 103 cm³/mol. The number of amides is 1. The molecule has 1 aliphatic heterocycles. The van der Waals surface area contributed by atoms with Gasteiger partial charge in [-0.3, -0.25) is 9.48 Å². The van der Waals surface area contributed by atoms with E-state index in [-0.39, 0.29) is 17.6 Å². The molecule has 0 unspecified atom stereocenters. The zero-order valence-electron chi connectivity index (χ0n) is 15.3. The van der Waals surface area contributed by atoms with Crippen molar-refractivity contribution in [1.29, 1.82) is 0 Å².